The second-order valence-corrected chi connectivity index (χ2v) is 4.61. The Hall–Kier alpha value is -3.21. The van der Waals surface area contributed by atoms with Crippen molar-refractivity contribution in [2.45, 2.75) is 0 Å². The van der Waals surface area contributed by atoms with E-state index in [2.05, 4.69) is 20.6 Å². The molecule has 0 aliphatic rings. The summed E-state index contributed by atoms with van der Waals surface area (Å²) < 4.78 is 0. The highest BCUT2D eigenvalue weighted by atomic mass is 16.2. The number of urea groups is 1. The fraction of sp³-hybridized carbons (Fsp3) is 0. The van der Waals surface area contributed by atoms with Crippen LogP contribution >= 0.6 is 0 Å². The summed E-state index contributed by atoms with van der Waals surface area (Å²) in [6, 6.07) is 16.5. The Bertz CT molecular complexity index is 743. The van der Waals surface area contributed by atoms with Gasteiger partial charge >= 0.3 is 6.03 Å². The average molecular weight is 290 g/mol. The first kappa shape index (κ1) is 13.8. The number of anilines is 2. The summed E-state index contributed by atoms with van der Waals surface area (Å²) in [6.45, 7) is 0. The maximum absolute atomic E-state index is 11.9. The number of amides is 2. The van der Waals surface area contributed by atoms with Gasteiger partial charge in [0, 0.05) is 24.3 Å². The zero-order valence-corrected chi connectivity index (χ0v) is 11.7. The minimum absolute atomic E-state index is 0.324. The molecule has 0 fully saturated rings. The number of nitrogens with one attached hydrogen (secondary N) is 2. The van der Waals surface area contributed by atoms with Crippen LogP contribution in [0.25, 0.3) is 11.1 Å². The molecule has 0 aliphatic heterocycles. The molecule has 108 valence electrons. The van der Waals surface area contributed by atoms with Crippen LogP contribution in [-0.4, -0.2) is 16.0 Å². The van der Waals surface area contributed by atoms with Gasteiger partial charge in [0.2, 0.25) is 0 Å². The van der Waals surface area contributed by atoms with Gasteiger partial charge in [0.15, 0.2) is 0 Å². The zero-order valence-electron chi connectivity index (χ0n) is 11.7. The predicted octanol–water partition coefficient (Wildman–Crippen LogP) is 3.79. The van der Waals surface area contributed by atoms with Crippen LogP contribution in [0, 0.1) is 0 Å². The largest absolute Gasteiger partial charge is 0.324 e. The molecule has 22 heavy (non-hydrogen) atoms. The first-order valence-corrected chi connectivity index (χ1v) is 6.81. The molecule has 0 unspecified atom stereocenters. The van der Waals surface area contributed by atoms with Crippen LogP contribution in [0.3, 0.4) is 0 Å². The van der Waals surface area contributed by atoms with Crippen molar-refractivity contribution in [2.24, 2.45) is 0 Å². The molecule has 1 aromatic carbocycles. The van der Waals surface area contributed by atoms with Crippen molar-refractivity contribution < 1.29 is 4.79 Å². The van der Waals surface area contributed by atoms with Crippen LogP contribution in [0.1, 0.15) is 0 Å². The maximum Gasteiger partial charge on any atom is 0.324 e. The molecule has 0 spiro atoms. The number of rotatable bonds is 3. The monoisotopic (exact) mass is 290 g/mol. The SMILES string of the molecule is O=C(Nc1ccc(-c2ccncc2)cc1)Nc1ccccn1. The second kappa shape index (κ2) is 6.49. The summed E-state index contributed by atoms with van der Waals surface area (Å²) in [5.74, 6) is 0.508. The highest BCUT2D eigenvalue weighted by molar-refractivity contribution is 5.99. The molecule has 2 aromatic heterocycles. The van der Waals surface area contributed by atoms with Crippen LogP contribution < -0.4 is 10.6 Å². The van der Waals surface area contributed by atoms with E-state index in [1.807, 2.05) is 42.5 Å². The highest BCUT2D eigenvalue weighted by Crippen LogP contribution is 2.20. The summed E-state index contributed by atoms with van der Waals surface area (Å²) in [6.07, 6.45) is 5.13. The third kappa shape index (κ3) is 3.46. The van der Waals surface area contributed by atoms with Gasteiger partial charge < -0.3 is 5.32 Å². The summed E-state index contributed by atoms with van der Waals surface area (Å²) in [5.41, 5.74) is 2.86. The van der Waals surface area contributed by atoms with E-state index >= 15 is 0 Å². The molecule has 5 heteroatoms. The molecule has 0 saturated carbocycles. The van der Waals surface area contributed by atoms with Crippen LogP contribution in [0.4, 0.5) is 16.3 Å². The molecule has 0 aliphatic carbocycles. The maximum atomic E-state index is 11.9. The number of hydrogen-bond acceptors (Lipinski definition) is 3. The van der Waals surface area contributed by atoms with Gasteiger partial charge in [-0.25, -0.2) is 9.78 Å². The van der Waals surface area contributed by atoms with Gasteiger partial charge in [-0.05, 0) is 47.5 Å². The number of carbonyl (C=O) groups is 1. The van der Waals surface area contributed by atoms with Crippen molar-refractivity contribution in [3.63, 3.8) is 0 Å². The van der Waals surface area contributed by atoms with E-state index in [9.17, 15) is 4.79 Å². The molecule has 0 saturated heterocycles. The minimum atomic E-state index is -0.324. The number of nitrogens with zero attached hydrogens (tertiary/aromatic N) is 2. The molecule has 0 bridgehead atoms. The fourth-order valence-electron chi connectivity index (χ4n) is 2.01. The summed E-state index contributed by atoms with van der Waals surface area (Å²) in [5, 5.41) is 5.43. The lowest BCUT2D eigenvalue weighted by Gasteiger charge is -2.08. The quantitative estimate of drug-likeness (QED) is 0.771. The van der Waals surface area contributed by atoms with Crippen LogP contribution in [0.5, 0.6) is 0 Å². The Kier molecular flexibility index (Phi) is 4.06. The molecule has 2 N–H and O–H groups in total. The van der Waals surface area contributed by atoms with Crippen molar-refractivity contribution in [2.75, 3.05) is 10.6 Å². The molecule has 0 radical (unpaired) electrons. The Morgan fingerprint density at radius 1 is 0.773 bits per heavy atom. The van der Waals surface area contributed by atoms with Crippen LogP contribution in [-0.2, 0) is 0 Å². The summed E-state index contributed by atoms with van der Waals surface area (Å²) >= 11 is 0. The normalized spacial score (nSPS) is 10.0. The van der Waals surface area contributed by atoms with E-state index in [0.29, 0.717) is 11.5 Å². The van der Waals surface area contributed by atoms with E-state index in [4.69, 9.17) is 0 Å². The Balaban J connectivity index is 1.65. The summed E-state index contributed by atoms with van der Waals surface area (Å²) in [7, 11) is 0. The molecule has 2 amide bonds. The van der Waals surface area contributed by atoms with Crippen molar-refractivity contribution in [1.82, 2.24) is 9.97 Å². The molecule has 0 atom stereocenters. The fourth-order valence-corrected chi connectivity index (χ4v) is 2.01. The number of pyridine rings is 2. The molecule has 5 nitrogen and oxygen atoms in total. The van der Waals surface area contributed by atoms with Crippen LogP contribution in [0.2, 0.25) is 0 Å². The minimum Gasteiger partial charge on any atom is -0.308 e. The van der Waals surface area contributed by atoms with Gasteiger partial charge in [0.25, 0.3) is 0 Å². The van der Waals surface area contributed by atoms with Gasteiger partial charge in [0.1, 0.15) is 5.82 Å². The third-order valence-corrected chi connectivity index (χ3v) is 3.06. The second-order valence-electron chi connectivity index (χ2n) is 4.61. The number of benzene rings is 1. The van der Waals surface area contributed by atoms with E-state index < -0.39 is 0 Å². The van der Waals surface area contributed by atoms with Gasteiger partial charge in [-0.1, -0.05) is 18.2 Å². The van der Waals surface area contributed by atoms with E-state index in [0.717, 1.165) is 11.1 Å². The smallest absolute Gasteiger partial charge is 0.308 e. The molecule has 3 aromatic rings. The first-order valence-electron chi connectivity index (χ1n) is 6.81. The number of hydrogen-bond donors (Lipinski definition) is 2. The lowest BCUT2D eigenvalue weighted by Crippen LogP contribution is -2.19. The standard InChI is InChI=1S/C17H14N4O/c22-17(21-16-3-1-2-10-19-16)20-15-6-4-13(5-7-15)14-8-11-18-12-9-14/h1-12H,(H2,19,20,21,22). The van der Waals surface area contributed by atoms with Crippen molar-refractivity contribution in [3.05, 3.63) is 73.2 Å². The predicted molar refractivity (Wildman–Crippen MR) is 86.6 cm³/mol. The number of aromatic nitrogens is 2. The third-order valence-electron chi connectivity index (χ3n) is 3.06. The summed E-state index contributed by atoms with van der Waals surface area (Å²) in [4.78, 5) is 19.9. The first-order chi connectivity index (χ1) is 10.8. The molecule has 2 heterocycles. The van der Waals surface area contributed by atoms with Crippen molar-refractivity contribution in [3.8, 4) is 11.1 Å². The van der Waals surface area contributed by atoms with Crippen molar-refractivity contribution >= 4 is 17.5 Å². The molecule has 3 rings (SSSR count). The Labute approximate surface area is 128 Å². The van der Waals surface area contributed by atoms with Crippen molar-refractivity contribution in [1.29, 1.82) is 0 Å². The average Bonchev–Trinajstić information content (AvgIpc) is 2.57. The molecular formula is C17H14N4O. The Morgan fingerprint density at radius 2 is 1.50 bits per heavy atom. The molecular weight excluding hydrogens is 276 g/mol. The van der Waals surface area contributed by atoms with Gasteiger partial charge in [0.05, 0.1) is 0 Å². The van der Waals surface area contributed by atoms with Gasteiger partial charge in [-0.15, -0.1) is 0 Å². The topological polar surface area (TPSA) is 66.9 Å². The van der Waals surface area contributed by atoms with E-state index in [-0.39, 0.29) is 6.03 Å². The Morgan fingerprint density at radius 3 is 2.18 bits per heavy atom. The van der Waals surface area contributed by atoms with Gasteiger partial charge in [-0.3, -0.25) is 10.3 Å². The highest BCUT2D eigenvalue weighted by Gasteiger charge is 2.03. The van der Waals surface area contributed by atoms with E-state index in [1.165, 1.54) is 0 Å². The lowest BCUT2D eigenvalue weighted by molar-refractivity contribution is 0.262. The number of carbonyl (C=O) groups excluding carboxylic acids is 1. The lowest BCUT2D eigenvalue weighted by atomic mass is 10.1. The zero-order chi connectivity index (χ0) is 15.2. The van der Waals surface area contributed by atoms with Crippen LogP contribution in [0.15, 0.2) is 73.2 Å². The van der Waals surface area contributed by atoms with Gasteiger partial charge in [-0.2, -0.15) is 0 Å². The van der Waals surface area contributed by atoms with E-state index in [1.54, 1.807) is 30.7 Å².